The summed E-state index contributed by atoms with van der Waals surface area (Å²) in [4.78, 5) is 53.8. The molecule has 1 aliphatic heterocycles. The zero-order valence-corrected chi connectivity index (χ0v) is 22.6. The summed E-state index contributed by atoms with van der Waals surface area (Å²) in [5, 5.41) is 8.36. The van der Waals surface area contributed by atoms with Crippen LogP contribution < -0.4 is 27.4 Å². The van der Waals surface area contributed by atoms with Crippen molar-refractivity contribution in [2.24, 2.45) is 17.4 Å². The number of carbonyl (C=O) groups is 4. The smallest absolute Gasteiger partial charge is 0.245 e. The highest BCUT2D eigenvalue weighted by atomic mass is 16.5. The van der Waals surface area contributed by atoms with Gasteiger partial charge in [0.15, 0.2) is 0 Å². The summed E-state index contributed by atoms with van der Waals surface area (Å²) in [6, 6.07) is 6.75. The van der Waals surface area contributed by atoms with E-state index in [0.29, 0.717) is 52.1 Å². The van der Waals surface area contributed by atoms with Crippen LogP contribution in [0.5, 0.6) is 0 Å². The first-order valence-electron chi connectivity index (χ1n) is 13.5. The maximum atomic E-state index is 13.5. The van der Waals surface area contributed by atoms with E-state index in [1.807, 2.05) is 44.2 Å². The lowest BCUT2D eigenvalue weighted by atomic mass is 10.00. The highest BCUT2D eigenvalue weighted by Gasteiger charge is 2.32. The SMILES string of the molecule is CC(C)C[C@@H](NC(=O)C(Cc1ccccc1)NC(=O)CN)C(=O)NC(CCCCN)C(=O)N1CCOCC1. The zero-order chi connectivity index (χ0) is 27.9. The van der Waals surface area contributed by atoms with Crippen molar-refractivity contribution < 1.29 is 23.9 Å². The van der Waals surface area contributed by atoms with Crippen LogP contribution in [0.25, 0.3) is 0 Å². The highest BCUT2D eigenvalue weighted by molar-refractivity contribution is 5.94. The van der Waals surface area contributed by atoms with E-state index in [9.17, 15) is 19.2 Å². The molecule has 38 heavy (non-hydrogen) atoms. The van der Waals surface area contributed by atoms with Crippen LogP contribution in [0.4, 0.5) is 0 Å². The molecule has 1 fully saturated rings. The molecule has 0 radical (unpaired) electrons. The lowest BCUT2D eigenvalue weighted by Crippen LogP contribution is -2.58. The molecule has 0 aliphatic carbocycles. The van der Waals surface area contributed by atoms with Crippen molar-refractivity contribution in [2.45, 2.75) is 64.1 Å². The van der Waals surface area contributed by atoms with Gasteiger partial charge < -0.3 is 37.1 Å². The first kappa shape index (κ1) is 31.2. The second-order valence-corrected chi connectivity index (χ2v) is 9.99. The van der Waals surface area contributed by atoms with Crippen LogP contribution in [0.15, 0.2) is 30.3 Å². The first-order chi connectivity index (χ1) is 18.2. The molecule has 1 heterocycles. The van der Waals surface area contributed by atoms with Crippen LogP contribution in [0.3, 0.4) is 0 Å². The summed E-state index contributed by atoms with van der Waals surface area (Å²) >= 11 is 0. The largest absolute Gasteiger partial charge is 0.378 e. The molecule has 1 saturated heterocycles. The number of ether oxygens (including phenoxy) is 1. The summed E-state index contributed by atoms with van der Waals surface area (Å²) < 4.78 is 5.35. The molecule has 1 aromatic carbocycles. The third-order valence-electron chi connectivity index (χ3n) is 6.34. The Kier molecular flexibility index (Phi) is 13.7. The van der Waals surface area contributed by atoms with Gasteiger partial charge in [-0.25, -0.2) is 0 Å². The van der Waals surface area contributed by atoms with Gasteiger partial charge in [0.05, 0.1) is 19.8 Å². The van der Waals surface area contributed by atoms with E-state index in [-0.39, 0.29) is 24.8 Å². The fourth-order valence-electron chi connectivity index (χ4n) is 4.31. The summed E-state index contributed by atoms with van der Waals surface area (Å²) in [7, 11) is 0. The summed E-state index contributed by atoms with van der Waals surface area (Å²) in [5.74, 6) is -1.47. The fraction of sp³-hybridized carbons (Fsp3) is 0.630. The van der Waals surface area contributed by atoms with Gasteiger partial charge in [-0.15, -0.1) is 0 Å². The predicted molar refractivity (Wildman–Crippen MR) is 145 cm³/mol. The van der Waals surface area contributed by atoms with E-state index >= 15 is 0 Å². The average Bonchev–Trinajstić information content (AvgIpc) is 2.92. The van der Waals surface area contributed by atoms with Gasteiger partial charge in [0.1, 0.15) is 18.1 Å². The molecule has 3 atom stereocenters. The molecular weight excluding hydrogens is 488 g/mol. The van der Waals surface area contributed by atoms with Crippen molar-refractivity contribution in [2.75, 3.05) is 39.4 Å². The molecule has 7 N–H and O–H groups in total. The van der Waals surface area contributed by atoms with E-state index in [0.717, 1.165) is 12.0 Å². The summed E-state index contributed by atoms with van der Waals surface area (Å²) in [5.41, 5.74) is 12.0. The van der Waals surface area contributed by atoms with Crippen LogP contribution in [0.1, 0.15) is 45.1 Å². The van der Waals surface area contributed by atoms with Crippen LogP contribution >= 0.6 is 0 Å². The Hall–Kier alpha value is -3.02. The molecule has 4 amide bonds. The molecular formula is C27H44N6O5. The molecule has 1 aromatic rings. The standard InChI is InChI=1S/C27H44N6O5/c1-19(2)16-22(32-26(36)23(30-24(34)18-29)17-20-8-4-3-5-9-20)25(35)31-21(10-6-7-11-28)27(37)33-12-14-38-15-13-33/h3-5,8-9,19,21-23H,6-7,10-18,28-29H2,1-2H3,(H,30,34)(H,31,35)(H,32,36)/t21?,22-,23?/m1/s1. The average molecular weight is 533 g/mol. The Bertz CT molecular complexity index is 891. The molecule has 0 bridgehead atoms. The minimum Gasteiger partial charge on any atom is -0.378 e. The van der Waals surface area contributed by atoms with Crippen molar-refractivity contribution in [1.29, 1.82) is 0 Å². The Balaban J connectivity index is 2.17. The fourth-order valence-corrected chi connectivity index (χ4v) is 4.31. The minimum atomic E-state index is -0.911. The Morgan fingerprint density at radius 1 is 0.895 bits per heavy atom. The van der Waals surface area contributed by atoms with Gasteiger partial charge in [-0.3, -0.25) is 19.2 Å². The molecule has 11 nitrogen and oxygen atoms in total. The number of amides is 4. The third kappa shape index (κ3) is 10.8. The number of benzene rings is 1. The van der Waals surface area contributed by atoms with E-state index in [1.165, 1.54) is 0 Å². The van der Waals surface area contributed by atoms with Crippen molar-refractivity contribution in [3.8, 4) is 0 Å². The van der Waals surface area contributed by atoms with Crippen molar-refractivity contribution >= 4 is 23.6 Å². The number of unbranched alkanes of at least 4 members (excludes halogenated alkanes) is 1. The number of morpholine rings is 1. The maximum absolute atomic E-state index is 13.5. The quantitative estimate of drug-likeness (QED) is 0.193. The van der Waals surface area contributed by atoms with Gasteiger partial charge in [0.25, 0.3) is 0 Å². The van der Waals surface area contributed by atoms with E-state index in [1.54, 1.807) is 4.90 Å². The lowest BCUT2D eigenvalue weighted by molar-refractivity contribution is -0.141. The number of rotatable bonds is 15. The third-order valence-corrected chi connectivity index (χ3v) is 6.34. The first-order valence-corrected chi connectivity index (χ1v) is 13.5. The molecule has 0 aromatic heterocycles. The number of hydrogen-bond donors (Lipinski definition) is 5. The zero-order valence-electron chi connectivity index (χ0n) is 22.6. The Morgan fingerprint density at radius 3 is 2.13 bits per heavy atom. The van der Waals surface area contributed by atoms with Gasteiger partial charge in [0, 0.05) is 19.5 Å². The molecule has 11 heteroatoms. The number of hydrogen-bond acceptors (Lipinski definition) is 7. The van der Waals surface area contributed by atoms with Crippen molar-refractivity contribution in [3.63, 3.8) is 0 Å². The van der Waals surface area contributed by atoms with E-state index in [2.05, 4.69) is 16.0 Å². The highest BCUT2D eigenvalue weighted by Crippen LogP contribution is 2.11. The van der Waals surface area contributed by atoms with Gasteiger partial charge in [-0.2, -0.15) is 0 Å². The van der Waals surface area contributed by atoms with Crippen LogP contribution in [0.2, 0.25) is 0 Å². The van der Waals surface area contributed by atoms with Gasteiger partial charge in [-0.05, 0) is 43.7 Å². The molecule has 2 unspecified atom stereocenters. The number of nitrogens with two attached hydrogens (primary N) is 2. The molecule has 1 aliphatic rings. The predicted octanol–water partition coefficient (Wildman–Crippen LogP) is -0.324. The second kappa shape index (κ2) is 16.7. The monoisotopic (exact) mass is 532 g/mol. The van der Waals surface area contributed by atoms with Gasteiger partial charge in [-0.1, -0.05) is 44.2 Å². The molecule has 0 saturated carbocycles. The number of nitrogens with zero attached hydrogens (tertiary/aromatic N) is 1. The van der Waals surface area contributed by atoms with Gasteiger partial charge in [0.2, 0.25) is 23.6 Å². The molecule has 2 rings (SSSR count). The maximum Gasteiger partial charge on any atom is 0.245 e. The topological polar surface area (TPSA) is 169 Å². The molecule has 0 spiro atoms. The van der Waals surface area contributed by atoms with E-state index < -0.39 is 35.8 Å². The normalized spacial score (nSPS) is 15.9. The van der Waals surface area contributed by atoms with Crippen LogP contribution in [-0.4, -0.2) is 86.0 Å². The number of nitrogens with one attached hydrogen (secondary N) is 3. The van der Waals surface area contributed by atoms with Crippen LogP contribution in [-0.2, 0) is 30.3 Å². The second-order valence-electron chi connectivity index (χ2n) is 9.99. The summed E-state index contributed by atoms with van der Waals surface area (Å²) in [6.45, 7) is 5.98. The Morgan fingerprint density at radius 2 is 1.53 bits per heavy atom. The minimum absolute atomic E-state index is 0.0860. The molecule has 212 valence electrons. The van der Waals surface area contributed by atoms with E-state index in [4.69, 9.17) is 16.2 Å². The lowest BCUT2D eigenvalue weighted by Gasteiger charge is -2.32. The van der Waals surface area contributed by atoms with Crippen molar-refractivity contribution in [3.05, 3.63) is 35.9 Å². The number of carbonyl (C=O) groups excluding carboxylic acids is 4. The van der Waals surface area contributed by atoms with Crippen LogP contribution in [0, 0.1) is 5.92 Å². The van der Waals surface area contributed by atoms with Gasteiger partial charge >= 0.3 is 0 Å². The Labute approximate surface area is 225 Å². The van der Waals surface area contributed by atoms with Crippen molar-refractivity contribution in [1.82, 2.24) is 20.9 Å². The summed E-state index contributed by atoms with van der Waals surface area (Å²) in [6.07, 6.45) is 2.47.